The normalized spacial score (nSPS) is 18.5. The summed E-state index contributed by atoms with van der Waals surface area (Å²) in [6, 6.07) is 0. The quantitative estimate of drug-likeness (QED) is 0.578. The summed E-state index contributed by atoms with van der Waals surface area (Å²) < 4.78 is 24.6. The molecule has 0 aliphatic rings. The summed E-state index contributed by atoms with van der Waals surface area (Å²) in [6.07, 6.45) is -0.272. The highest BCUT2D eigenvalue weighted by molar-refractivity contribution is 7.74. The van der Waals surface area contributed by atoms with Crippen LogP contribution in [-0.4, -0.2) is 14.9 Å². The van der Waals surface area contributed by atoms with Gasteiger partial charge in [0.25, 0.3) is 0 Å². The average molecular weight is 165 g/mol. The molecule has 0 radical (unpaired) electrons. The molecule has 0 aliphatic carbocycles. The Morgan fingerprint density at radius 3 is 2.00 bits per heavy atom. The van der Waals surface area contributed by atoms with Gasteiger partial charge in [-0.2, -0.15) is 0 Å². The third-order valence-electron chi connectivity index (χ3n) is 1.44. The maximum atomic E-state index is 10.0. The van der Waals surface area contributed by atoms with Gasteiger partial charge in [-0.25, -0.2) is 4.21 Å². The molecular weight excluding hydrogens is 152 g/mol. The summed E-state index contributed by atoms with van der Waals surface area (Å²) in [7, 11) is 0. The highest BCUT2D eigenvalue weighted by Crippen LogP contribution is 2.21. The molecule has 0 saturated heterocycles. The fraction of sp³-hybridized carbons (Fsp3) is 1.00. The Labute approximate surface area is 64.3 Å². The monoisotopic (exact) mass is 165 g/mol. The van der Waals surface area contributed by atoms with Gasteiger partial charge in [-0.1, -0.05) is 20.8 Å². The minimum absolute atomic E-state index is 0.125. The van der Waals surface area contributed by atoms with Crippen LogP contribution >= 0.6 is 0 Å². The molecule has 4 heteroatoms. The van der Waals surface area contributed by atoms with Gasteiger partial charge < -0.3 is 4.55 Å². The van der Waals surface area contributed by atoms with Crippen LogP contribution in [0.5, 0.6) is 0 Å². The van der Waals surface area contributed by atoms with Crippen molar-refractivity contribution in [1.82, 2.24) is 0 Å². The van der Waals surface area contributed by atoms with Crippen molar-refractivity contribution >= 4 is 11.4 Å². The van der Waals surface area contributed by atoms with E-state index < -0.39 is 11.4 Å². The average Bonchev–Trinajstić information content (AvgIpc) is 1.60. The summed E-state index contributed by atoms with van der Waals surface area (Å²) in [5, 5.41) is 0. The van der Waals surface area contributed by atoms with Crippen LogP contribution < -0.4 is 0 Å². The Morgan fingerprint density at radius 2 is 1.90 bits per heavy atom. The molecule has 0 heterocycles. The summed E-state index contributed by atoms with van der Waals surface area (Å²) in [4.78, 5) is 0. The predicted octanol–water partition coefficient (Wildman–Crippen LogP) is 1.23. The van der Waals surface area contributed by atoms with Crippen LogP contribution in [0.25, 0.3) is 0 Å². The van der Waals surface area contributed by atoms with Crippen molar-refractivity contribution in [3.63, 3.8) is 0 Å². The van der Waals surface area contributed by atoms with Gasteiger partial charge in [0.15, 0.2) is 0 Å². The van der Waals surface area contributed by atoms with Crippen molar-refractivity contribution in [2.24, 2.45) is 5.41 Å². The molecular formula is C6H13O3S-. The van der Waals surface area contributed by atoms with E-state index in [1.54, 1.807) is 6.92 Å². The zero-order valence-electron chi connectivity index (χ0n) is 6.71. The summed E-state index contributed by atoms with van der Waals surface area (Å²) in [6.45, 7) is 7.50. The van der Waals surface area contributed by atoms with E-state index in [9.17, 15) is 8.76 Å². The molecule has 0 aromatic heterocycles. The van der Waals surface area contributed by atoms with E-state index in [2.05, 4.69) is 4.18 Å². The molecule has 10 heavy (non-hydrogen) atoms. The molecule has 0 rings (SSSR count). The highest BCUT2D eigenvalue weighted by Gasteiger charge is 2.20. The number of hydrogen-bond donors (Lipinski definition) is 0. The lowest BCUT2D eigenvalue weighted by Crippen LogP contribution is -2.26. The lowest BCUT2D eigenvalue weighted by molar-refractivity contribution is 0.106. The molecule has 3 nitrogen and oxygen atoms in total. The Bertz CT molecular complexity index is 127. The second-order valence-electron chi connectivity index (χ2n) is 3.31. The summed E-state index contributed by atoms with van der Waals surface area (Å²) in [5.41, 5.74) is -0.125. The first-order valence-electron chi connectivity index (χ1n) is 3.10. The zero-order valence-corrected chi connectivity index (χ0v) is 7.53. The van der Waals surface area contributed by atoms with Crippen LogP contribution in [0.2, 0.25) is 0 Å². The maximum absolute atomic E-state index is 10.0. The highest BCUT2D eigenvalue weighted by atomic mass is 32.2. The van der Waals surface area contributed by atoms with Gasteiger partial charge >= 0.3 is 0 Å². The number of rotatable bonds is 2. The fourth-order valence-corrected chi connectivity index (χ4v) is 0.787. The molecule has 2 atom stereocenters. The largest absolute Gasteiger partial charge is 0.750 e. The van der Waals surface area contributed by atoms with Crippen LogP contribution in [-0.2, 0) is 15.5 Å². The van der Waals surface area contributed by atoms with Gasteiger partial charge in [0.2, 0.25) is 0 Å². The minimum Gasteiger partial charge on any atom is -0.750 e. The molecule has 2 unspecified atom stereocenters. The van der Waals surface area contributed by atoms with Crippen molar-refractivity contribution < 1.29 is 12.9 Å². The smallest absolute Gasteiger partial charge is 0.0844 e. The van der Waals surface area contributed by atoms with Crippen LogP contribution in [0.1, 0.15) is 27.7 Å². The minimum atomic E-state index is -2.39. The molecule has 0 saturated carbocycles. The van der Waals surface area contributed by atoms with Crippen LogP contribution in [0.4, 0.5) is 0 Å². The van der Waals surface area contributed by atoms with Crippen molar-refractivity contribution in [2.45, 2.75) is 33.8 Å². The maximum Gasteiger partial charge on any atom is 0.0844 e. The van der Waals surface area contributed by atoms with E-state index in [0.717, 1.165) is 0 Å². The van der Waals surface area contributed by atoms with E-state index in [1.807, 2.05) is 20.8 Å². The standard InChI is InChI=1S/C6H14O3S/c1-5(6(2,3)4)9-10(7)8/h5H,1-4H3,(H,7,8)/p-1. The van der Waals surface area contributed by atoms with Gasteiger partial charge in [0.1, 0.15) is 0 Å². The first kappa shape index (κ1) is 10.1. The molecule has 0 aliphatic heterocycles. The Hall–Kier alpha value is 0.0700. The topological polar surface area (TPSA) is 49.4 Å². The Morgan fingerprint density at radius 1 is 1.50 bits per heavy atom. The first-order chi connectivity index (χ1) is 4.34. The van der Waals surface area contributed by atoms with Crippen LogP contribution in [0.15, 0.2) is 0 Å². The molecule has 0 N–H and O–H groups in total. The number of hydrogen-bond acceptors (Lipinski definition) is 3. The van der Waals surface area contributed by atoms with Gasteiger partial charge in [0, 0.05) is 0 Å². The predicted molar refractivity (Wildman–Crippen MR) is 38.9 cm³/mol. The SMILES string of the molecule is CC(OS(=O)[O-])C(C)(C)C. The summed E-state index contributed by atoms with van der Waals surface area (Å²) in [5.74, 6) is 0. The van der Waals surface area contributed by atoms with Crippen molar-refractivity contribution in [3.05, 3.63) is 0 Å². The van der Waals surface area contributed by atoms with Gasteiger partial charge in [-0.15, -0.1) is 0 Å². The van der Waals surface area contributed by atoms with Crippen LogP contribution in [0.3, 0.4) is 0 Å². The molecule has 0 amide bonds. The zero-order chi connectivity index (χ0) is 8.36. The first-order valence-corrected chi connectivity index (χ1v) is 4.10. The fourth-order valence-electron chi connectivity index (χ4n) is 0.262. The van der Waals surface area contributed by atoms with Crippen molar-refractivity contribution in [3.8, 4) is 0 Å². The molecule has 0 bridgehead atoms. The molecule has 0 fully saturated rings. The van der Waals surface area contributed by atoms with Gasteiger partial charge in [-0.05, 0) is 12.3 Å². The Kier molecular flexibility index (Phi) is 3.48. The van der Waals surface area contributed by atoms with Gasteiger partial charge in [0.05, 0.1) is 17.5 Å². The van der Waals surface area contributed by atoms with E-state index in [4.69, 9.17) is 0 Å². The van der Waals surface area contributed by atoms with Crippen molar-refractivity contribution in [2.75, 3.05) is 0 Å². The lowest BCUT2D eigenvalue weighted by Gasteiger charge is -2.27. The molecule has 0 aromatic rings. The van der Waals surface area contributed by atoms with E-state index >= 15 is 0 Å². The third-order valence-corrected chi connectivity index (χ3v) is 1.89. The molecule has 0 aromatic carbocycles. The van der Waals surface area contributed by atoms with E-state index in [0.29, 0.717) is 0 Å². The van der Waals surface area contributed by atoms with E-state index in [1.165, 1.54) is 0 Å². The Balaban J connectivity index is 3.85. The molecule has 0 spiro atoms. The summed E-state index contributed by atoms with van der Waals surface area (Å²) >= 11 is -2.39. The third kappa shape index (κ3) is 3.98. The lowest BCUT2D eigenvalue weighted by atomic mass is 9.91. The van der Waals surface area contributed by atoms with Crippen LogP contribution in [0, 0.1) is 5.41 Å². The van der Waals surface area contributed by atoms with Gasteiger partial charge in [-0.3, -0.25) is 4.18 Å². The second kappa shape index (κ2) is 3.46. The van der Waals surface area contributed by atoms with Crippen molar-refractivity contribution in [1.29, 1.82) is 0 Å². The second-order valence-corrected chi connectivity index (χ2v) is 3.91. The molecule has 62 valence electrons. The van der Waals surface area contributed by atoms with E-state index in [-0.39, 0.29) is 11.5 Å².